The zero-order valence-electron chi connectivity index (χ0n) is 14.6. The van der Waals surface area contributed by atoms with E-state index in [2.05, 4.69) is 70.9 Å². The van der Waals surface area contributed by atoms with Crippen LogP contribution in [0, 0.1) is 0 Å². The van der Waals surface area contributed by atoms with Gasteiger partial charge in [0.2, 0.25) is 0 Å². The van der Waals surface area contributed by atoms with Gasteiger partial charge < -0.3 is 4.74 Å². The topological polar surface area (TPSA) is 52.1 Å². The lowest BCUT2D eigenvalue weighted by molar-refractivity contribution is 0.0518. The number of ether oxygens (including phenoxy) is 1. The van der Waals surface area contributed by atoms with Gasteiger partial charge in [0, 0.05) is 0 Å². The fourth-order valence-electron chi connectivity index (χ4n) is 2.36. The highest BCUT2D eigenvalue weighted by Crippen LogP contribution is 2.24. The van der Waals surface area contributed by atoms with Gasteiger partial charge in [0.05, 0.1) is 16.8 Å². The van der Waals surface area contributed by atoms with Gasteiger partial charge >= 0.3 is 5.97 Å². The van der Waals surface area contributed by atoms with Gasteiger partial charge in [0.15, 0.2) is 5.69 Å². The number of hydrogen-bond acceptors (Lipinski definition) is 4. The molecule has 0 saturated heterocycles. The molecule has 0 bridgehead atoms. The normalized spacial score (nSPS) is 11.4. The summed E-state index contributed by atoms with van der Waals surface area (Å²) in [5, 5.41) is 0. The summed E-state index contributed by atoms with van der Waals surface area (Å²) in [6, 6.07) is 8.66. The Kier molecular flexibility index (Phi) is 6.10. The maximum Gasteiger partial charge on any atom is 0.358 e. The first kappa shape index (κ1) is 18.6. The van der Waals surface area contributed by atoms with Gasteiger partial charge in [0.1, 0.15) is 6.33 Å². The van der Waals surface area contributed by atoms with Crippen LogP contribution in [-0.4, -0.2) is 22.5 Å². The second kappa shape index (κ2) is 7.88. The SMILES string of the molecule is CCOC(=O)c1ncnc(CCc2ccc(C(C)(C)C)cc2)c1Br. The Labute approximate surface area is 151 Å². The van der Waals surface area contributed by atoms with Crippen molar-refractivity contribution >= 4 is 21.9 Å². The van der Waals surface area contributed by atoms with E-state index >= 15 is 0 Å². The minimum atomic E-state index is -0.428. The number of aromatic nitrogens is 2. The molecule has 24 heavy (non-hydrogen) atoms. The van der Waals surface area contributed by atoms with E-state index in [1.54, 1.807) is 6.92 Å². The lowest BCUT2D eigenvalue weighted by Crippen LogP contribution is -2.11. The minimum absolute atomic E-state index is 0.156. The fourth-order valence-corrected chi connectivity index (χ4v) is 2.92. The second-order valence-electron chi connectivity index (χ2n) is 6.65. The molecule has 2 aromatic rings. The third-order valence-electron chi connectivity index (χ3n) is 3.80. The van der Waals surface area contributed by atoms with E-state index in [0.29, 0.717) is 11.1 Å². The van der Waals surface area contributed by atoms with Gasteiger partial charge in [-0.3, -0.25) is 0 Å². The van der Waals surface area contributed by atoms with Crippen molar-refractivity contribution in [3.05, 3.63) is 57.6 Å². The molecule has 0 aliphatic carbocycles. The molecule has 0 radical (unpaired) electrons. The van der Waals surface area contributed by atoms with E-state index in [0.717, 1.165) is 18.5 Å². The Hall–Kier alpha value is -1.75. The molecule has 5 heteroatoms. The van der Waals surface area contributed by atoms with Gasteiger partial charge in [-0.05, 0) is 52.2 Å². The van der Waals surface area contributed by atoms with Gasteiger partial charge in [-0.25, -0.2) is 14.8 Å². The summed E-state index contributed by atoms with van der Waals surface area (Å²) in [7, 11) is 0. The number of carbonyl (C=O) groups is 1. The van der Waals surface area contributed by atoms with Gasteiger partial charge in [-0.1, -0.05) is 45.0 Å². The third kappa shape index (κ3) is 4.63. The molecular weight excluding hydrogens is 368 g/mol. The quantitative estimate of drug-likeness (QED) is 0.705. The first-order valence-corrected chi connectivity index (χ1v) is 8.88. The maximum absolute atomic E-state index is 11.9. The molecule has 128 valence electrons. The number of halogens is 1. The Bertz CT molecular complexity index is 706. The fraction of sp³-hybridized carbons (Fsp3) is 0.421. The van der Waals surface area contributed by atoms with Crippen molar-refractivity contribution in [3.63, 3.8) is 0 Å². The van der Waals surface area contributed by atoms with E-state index in [4.69, 9.17) is 4.74 Å². The lowest BCUT2D eigenvalue weighted by atomic mass is 9.86. The van der Waals surface area contributed by atoms with Crippen LogP contribution in [0.2, 0.25) is 0 Å². The average molecular weight is 391 g/mol. The van der Waals surface area contributed by atoms with Crippen LogP contribution >= 0.6 is 15.9 Å². The van der Waals surface area contributed by atoms with E-state index in [1.165, 1.54) is 17.5 Å². The molecule has 1 heterocycles. The van der Waals surface area contributed by atoms with Gasteiger partial charge in [-0.2, -0.15) is 0 Å². The highest BCUT2D eigenvalue weighted by Gasteiger charge is 2.17. The van der Waals surface area contributed by atoms with Crippen LogP contribution < -0.4 is 0 Å². The molecule has 0 atom stereocenters. The van der Waals surface area contributed by atoms with Crippen molar-refractivity contribution in [2.75, 3.05) is 6.61 Å². The van der Waals surface area contributed by atoms with Crippen LogP contribution in [0.1, 0.15) is 55.0 Å². The molecule has 0 aliphatic rings. The van der Waals surface area contributed by atoms with Crippen LogP contribution in [-0.2, 0) is 23.0 Å². The number of hydrogen-bond donors (Lipinski definition) is 0. The van der Waals surface area contributed by atoms with E-state index in [1.807, 2.05) is 0 Å². The predicted molar refractivity (Wildman–Crippen MR) is 98.2 cm³/mol. The van der Waals surface area contributed by atoms with Crippen molar-refractivity contribution in [3.8, 4) is 0 Å². The Morgan fingerprint density at radius 1 is 1.12 bits per heavy atom. The highest BCUT2D eigenvalue weighted by molar-refractivity contribution is 9.10. The molecule has 0 fully saturated rings. The largest absolute Gasteiger partial charge is 0.461 e. The smallest absolute Gasteiger partial charge is 0.358 e. The number of carbonyl (C=O) groups excluding carboxylic acids is 1. The first-order chi connectivity index (χ1) is 11.3. The number of nitrogens with zero attached hydrogens (tertiary/aromatic N) is 2. The van der Waals surface area contributed by atoms with Crippen molar-refractivity contribution in [2.45, 2.75) is 46.0 Å². The van der Waals surface area contributed by atoms with Gasteiger partial charge in [0.25, 0.3) is 0 Å². The highest BCUT2D eigenvalue weighted by atomic mass is 79.9. The molecule has 0 unspecified atom stereocenters. The van der Waals surface area contributed by atoms with Crippen LogP contribution in [0.4, 0.5) is 0 Å². The molecule has 0 saturated carbocycles. The van der Waals surface area contributed by atoms with Crippen molar-refractivity contribution < 1.29 is 9.53 Å². The zero-order valence-corrected chi connectivity index (χ0v) is 16.2. The Morgan fingerprint density at radius 2 is 1.79 bits per heavy atom. The van der Waals surface area contributed by atoms with Crippen molar-refractivity contribution in [2.24, 2.45) is 0 Å². The van der Waals surface area contributed by atoms with E-state index in [-0.39, 0.29) is 11.1 Å². The third-order valence-corrected chi connectivity index (χ3v) is 4.63. The number of rotatable bonds is 5. The van der Waals surface area contributed by atoms with E-state index in [9.17, 15) is 4.79 Å². The zero-order chi connectivity index (χ0) is 17.7. The molecule has 0 amide bonds. The molecule has 1 aromatic heterocycles. The van der Waals surface area contributed by atoms with Crippen molar-refractivity contribution in [1.29, 1.82) is 0 Å². The number of benzene rings is 1. The number of esters is 1. The van der Waals surface area contributed by atoms with Crippen LogP contribution in [0.25, 0.3) is 0 Å². The summed E-state index contributed by atoms with van der Waals surface area (Å²) in [4.78, 5) is 20.2. The number of aryl methyl sites for hydroxylation is 2. The minimum Gasteiger partial charge on any atom is -0.461 e. The summed E-state index contributed by atoms with van der Waals surface area (Å²) in [5.74, 6) is -0.428. The molecule has 4 nitrogen and oxygen atoms in total. The maximum atomic E-state index is 11.9. The molecule has 1 aromatic carbocycles. The molecule has 2 rings (SSSR count). The Balaban J connectivity index is 2.09. The summed E-state index contributed by atoms with van der Waals surface area (Å²) < 4.78 is 5.63. The lowest BCUT2D eigenvalue weighted by Gasteiger charge is -2.19. The van der Waals surface area contributed by atoms with E-state index < -0.39 is 5.97 Å². The average Bonchev–Trinajstić information content (AvgIpc) is 2.53. The van der Waals surface area contributed by atoms with Crippen molar-refractivity contribution in [1.82, 2.24) is 9.97 Å². The standard InChI is InChI=1S/C19H23BrN2O2/c1-5-24-18(23)17-16(20)15(21-12-22-17)11-8-13-6-9-14(10-7-13)19(2,3)4/h6-7,9-10,12H,5,8,11H2,1-4H3. The van der Waals surface area contributed by atoms with Gasteiger partial charge in [-0.15, -0.1) is 0 Å². The summed E-state index contributed by atoms with van der Waals surface area (Å²) in [6.45, 7) is 8.71. The summed E-state index contributed by atoms with van der Waals surface area (Å²) >= 11 is 3.44. The Morgan fingerprint density at radius 3 is 2.38 bits per heavy atom. The predicted octanol–water partition coefficient (Wildman–Crippen LogP) is 4.50. The molecule has 0 spiro atoms. The molecule has 0 aliphatic heterocycles. The molecule has 0 N–H and O–H groups in total. The van der Waals surface area contributed by atoms with Crippen LogP contribution in [0.15, 0.2) is 35.1 Å². The summed E-state index contributed by atoms with van der Waals surface area (Å²) in [5.41, 5.74) is 3.81. The monoisotopic (exact) mass is 390 g/mol. The molecular formula is C19H23BrN2O2. The first-order valence-electron chi connectivity index (χ1n) is 8.09. The van der Waals surface area contributed by atoms with Crippen LogP contribution in [0.3, 0.4) is 0 Å². The second-order valence-corrected chi connectivity index (χ2v) is 7.44. The summed E-state index contributed by atoms with van der Waals surface area (Å²) in [6.07, 6.45) is 2.99. The van der Waals surface area contributed by atoms with Crippen LogP contribution in [0.5, 0.6) is 0 Å².